The number of likely N-dealkylation sites (tertiary alicyclic amines) is 1. The molecular formula is C17H18Cl2N4O. The van der Waals surface area contributed by atoms with Gasteiger partial charge in [-0.25, -0.2) is 0 Å². The van der Waals surface area contributed by atoms with E-state index < -0.39 is 0 Å². The Bertz CT molecular complexity index is 736. The summed E-state index contributed by atoms with van der Waals surface area (Å²) in [5, 5.41) is 12.0. The largest absolute Gasteiger partial charge is 0.337 e. The molecule has 1 saturated heterocycles. The zero-order chi connectivity index (χ0) is 17.1. The van der Waals surface area contributed by atoms with Crippen molar-refractivity contribution in [1.82, 2.24) is 15.1 Å². The van der Waals surface area contributed by atoms with Crippen LogP contribution in [-0.2, 0) is 0 Å². The van der Waals surface area contributed by atoms with E-state index in [9.17, 15) is 4.79 Å². The molecule has 0 saturated carbocycles. The molecule has 1 atom stereocenters. The predicted octanol–water partition coefficient (Wildman–Crippen LogP) is 4.40. The lowest BCUT2D eigenvalue weighted by atomic mass is 10.00. The van der Waals surface area contributed by atoms with Gasteiger partial charge in [0.25, 0.3) is 5.91 Å². The fraction of sp³-hybridized carbons (Fsp3) is 0.353. The normalized spacial score (nSPS) is 17.6. The van der Waals surface area contributed by atoms with E-state index in [1.165, 1.54) is 6.42 Å². The summed E-state index contributed by atoms with van der Waals surface area (Å²) in [5.41, 5.74) is 0.995. The first-order valence-corrected chi connectivity index (χ1v) is 8.64. The van der Waals surface area contributed by atoms with Crippen molar-refractivity contribution in [2.45, 2.75) is 19.8 Å². The fourth-order valence-electron chi connectivity index (χ4n) is 2.79. The van der Waals surface area contributed by atoms with Gasteiger partial charge in [0.1, 0.15) is 0 Å². The van der Waals surface area contributed by atoms with E-state index in [2.05, 4.69) is 22.4 Å². The van der Waals surface area contributed by atoms with Gasteiger partial charge in [0.2, 0.25) is 0 Å². The van der Waals surface area contributed by atoms with Gasteiger partial charge in [-0.1, -0.05) is 36.2 Å². The molecule has 0 bridgehead atoms. The van der Waals surface area contributed by atoms with Crippen LogP contribution in [0.3, 0.4) is 0 Å². The van der Waals surface area contributed by atoms with Gasteiger partial charge in [0, 0.05) is 13.1 Å². The average molecular weight is 365 g/mol. The van der Waals surface area contributed by atoms with Gasteiger partial charge >= 0.3 is 0 Å². The third-order valence-corrected chi connectivity index (χ3v) is 4.86. The van der Waals surface area contributed by atoms with Crippen molar-refractivity contribution in [1.29, 1.82) is 0 Å². The second-order valence-corrected chi connectivity index (χ2v) is 6.81. The Hall–Kier alpha value is -1.85. The van der Waals surface area contributed by atoms with Gasteiger partial charge in [-0.15, -0.1) is 10.2 Å². The second kappa shape index (κ2) is 7.36. The fourth-order valence-corrected chi connectivity index (χ4v) is 3.13. The lowest BCUT2D eigenvalue weighted by Crippen LogP contribution is -2.39. The van der Waals surface area contributed by atoms with Crippen LogP contribution in [0.25, 0.3) is 0 Å². The number of aromatic nitrogens is 2. The smallest absolute Gasteiger partial charge is 0.274 e. The minimum atomic E-state index is -0.0682. The van der Waals surface area contributed by atoms with E-state index >= 15 is 0 Å². The minimum absolute atomic E-state index is 0.0682. The van der Waals surface area contributed by atoms with Crippen LogP contribution in [0.4, 0.5) is 11.5 Å². The number of amides is 1. The molecule has 1 aromatic heterocycles. The van der Waals surface area contributed by atoms with Crippen LogP contribution < -0.4 is 5.32 Å². The van der Waals surface area contributed by atoms with Crippen LogP contribution in [0.15, 0.2) is 30.3 Å². The van der Waals surface area contributed by atoms with E-state index in [4.69, 9.17) is 23.2 Å². The van der Waals surface area contributed by atoms with Crippen LogP contribution in [0.1, 0.15) is 30.3 Å². The predicted molar refractivity (Wildman–Crippen MR) is 96.1 cm³/mol. The summed E-state index contributed by atoms with van der Waals surface area (Å²) in [7, 11) is 0. The first-order chi connectivity index (χ1) is 11.5. The molecule has 0 spiro atoms. The Morgan fingerprint density at radius 1 is 1.25 bits per heavy atom. The molecule has 3 rings (SSSR count). The summed E-state index contributed by atoms with van der Waals surface area (Å²) in [6, 6.07) is 8.69. The standard InChI is InChI=1S/C17H18Cl2N4O/c1-11-4-3-9-23(10-11)17(24)14-7-8-15(22-21-14)20-13-6-2-5-12(18)16(13)19/h2,5-8,11H,3-4,9-10H2,1H3,(H,20,22). The Morgan fingerprint density at radius 2 is 2.08 bits per heavy atom. The van der Waals surface area contributed by atoms with E-state index in [0.717, 1.165) is 19.5 Å². The van der Waals surface area contributed by atoms with E-state index in [-0.39, 0.29) is 5.91 Å². The highest BCUT2D eigenvalue weighted by molar-refractivity contribution is 6.43. The van der Waals surface area contributed by atoms with Crippen molar-refractivity contribution in [3.63, 3.8) is 0 Å². The van der Waals surface area contributed by atoms with E-state index in [0.29, 0.717) is 33.2 Å². The highest BCUT2D eigenvalue weighted by Gasteiger charge is 2.23. The maximum absolute atomic E-state index is 12.5. The number of rotatable bonds is 3. The number of carbonyl (C=O) groups is 1. The van der Waals surface area contributed by atoms with Crippen molar-refractivity contribution >= 4 is 40.6 Å². The molecule has 1 aliphatic heterocycles. The number of hydrogen-bond acceptors (Lipinski definition) is 4. The molecule has 5 nitrogen and oxygen atoms in total. The SMILES string of the molecule is CC1CCCN(C(=O)c2ccc(Nc3cccc(Cl)c3Cl)nn2)C1. The number of nitrogens with one attached hydrogen (secondary N) is 1. The van der Waals surface area contributed by atoms with Crippen molar-refractivity contribution in [2.24, 2.45) is 5.92 Å². The third-order valence-electron chi connectivity index (χ3n) is 4.04. The molecule has 1 amide bonds. The molecule has 1 N–H and O–H groups in total. The van der Waals surface area contributed by atoms with Crippen molar-refractivity contribution in [3.05, 3.63) is 46.1 Å². The molecule has 2 heterocycles. The van der Waals surface area contributed by atoms with Gasteiger partial charge in [-0.3, -0.25) is 4.79 Å². The van der Waals surface area contributed by atoms with Gasteiger partial charge < -0.3 is 10.2 Å². The molecular weight excluding hydrogens is 347 g/mol. The van der Waals surface area contributed by atoms with Crippen LogP contribution in [-0.4, -0.2) is 34.1 Å². The van der Waals surface area contributed by atoms with Crippen molar-refractivity contribution in [2.75, 3.05) is 18.4 Å². The summed E-state index contributed by atoms with van der Waals surface area (Å²) >= 11 is 12.1. The van der Waals surface area contributed by atoms with Crippen molar-refractivity contribution in [3.8, 4) is 0 Å². The Kier molecular flexibility index (Phi) is 5.21. The molecule has 2 aromatic rings. The molecule has 24 heavy (non-hydrogen) atoms. The molecule has 1 fully saturated rings. The van der Waals surface area contributed by atoms with E-state index in [1.54, 1.807) is 30.3 Å². The van der Waals surface area contributed by atoms with Crippen molar-refractivity contribution < 1.29 is 4.79 Å². The summed E-state index contributed by atoms with van der Waals surface area (Å²) in [5.74, 6) is 0.964. The first kappa shape index (κ1) is 17.0. The third kappa shape index (κ3) is 3.79. The summed E-state index contributed by atoms with van der Waals surface area (Å²) in [6.07, 6.45) is 2.20. The summed E-state index contributed by atoms with van der Waals surface area (Å²) in [4.78, 5) is 14.3. The second-order valence-electron chi connectivity index (χ2n) is 6.03. The number of anilines is 2. The number of hydrogen-bond donors (Lipinski definition) is 1. The Labute approximate surface area is 151 Å². The monoisotopic (exact) mass is 364 g/mol. The quantitative estimate of drug-likeness (QED) is 0.876. The van der Waals surface area contributed by atoms with Gasteiger partial charge in [-0.2, -0.15) is 0 Å². The molecule has 1 aliphatic rings. The summed E-state index contributed by atoms with van der Waals surface area (Å²) in [6.45, 7) is 3.72. The van der Waals surface area contributed by atoms with Gasteiger partial charge in [-0.05, 0) is 43.0 Å². The number of carbonyl (C=O) groups excluding carboxylic acids is 1. The summed E-state index contributed by atoms with van der Waals surface area (Å²) < 4.78 is 0. The zero-order valence-electron chi connectivity index (χ0n) is 13.3. The zero-order valence-corrected chi connectivity index (χ0v) is 14.8. The Balaban J connectivity index is 1.71. The minimum Gasteiger partial charge on any atom is -0.337 e. The maximum Gasteiger partial charge on any atom is 0.274 e. The van der Waals surface area contributed by atoms with Crippen LogP contribution >= 0.6 is 23.2 Å². The number of halogens is 2. The topological polar surface area (TPSA) is 58.1 Å². The van der Waals surface area contributed by atoms with E-state index in [1.807, 2.05) is 4.90 Å². The lowest BCUT2D eigenvalue weighted by Gasteiger charge is -2.30. The highest BCUT2D eigenvalue weighted by atomic mass is 35.5. The molecule has 1 unspecified atom stereocenters. The number of piperidine rings is 1. The molecule has 126 valence electrons. The molecule has 0 aliphatic carbocycles. The van der Waals surface area contributed by atoms with Crippen LogP contribution in [0, 0.1) is 5.92 Å². The number of nitrogens with zero attached hydrogens (tertiary/aromatic N) is 3. The first-order valence-electron chi connectivity index (χ1n) is 7.88. The number of benzene rings is 1. The lowest BCUT2D eigenvalue weighted by molar-refractivity contribution is 0.0676. The van der Waals surface area contributed by atoms with Crippen LogP contribution in [0.5, 0.6) is 0 Å². The molecule has 0 radical (unpaired) electrons. The highest BCUT2D eigenvalue weighted by Crippen LogP contribution is 2.31. The Morgan fingerprint density at radius 3 is 2.79 bits per heavy atom. The average Bonchev–Trinajstić information content (AvgIpc) is 2.59. The van der Waals surface area contributed by atoms with Gasteiger partial charge in [0.15, 0.2) is 11.5 Å². The van der Waals surface area contributed by atoms with Gasteiger partial charge in [0.05, 0.1) is 15.7 Å². The maximum atomic E-state index is 12.5. The van der Waals surface area contributed by atoms with Crippen LogP contribution in [0.2, 0.25) is 10.0 Å². The molecule has 1 aromatic carbocycles. The molecule has 7 heteroatoms.